The largest absolute Gasteiger partial charge is 0.497 e. The van der Waals surface area contributed by atoms with Gasteiger partial charge >= 0.3 is 0 Å². The quantitative estimate of drug-likeness (QED) is 0.587. The van der Waals surface area contributed by atoms with Crippen LogP contribution in [0.5, 0.6) is 5.75 Å². The minimum Gasteiger partial charge on any atom is -0.497 e. The van der Waals surface area contributed by atoms with Crippen molar-refractivity contribution in [2.24, 2.45) is 4.99 Å². The number of ether oxygens (including phenoxy) is 1. The van der Waals surface area contributed by atoms with Crippen molar-refractivity contribution >= 4 is 46.2 Å². The Labute approximate surface area is 191 Å². The molecule has 0 aromatic heterocycles. The number of para-hydroxylation sites is 2. The fraction of sp³-hybridized carbons (Fsp3) is 0.160. The van der Waals surface area contributed by atoms with Crippen LogP contribution in [-0.2, 0) is 9.59 Å². The fourth-order valence-corrected chi connectivity index (χ4v) is 3.70. The summed E-state index contributed by atoms with van der Waals surface area (Å²) in [5.41, 5.74) is 4.20. The van der Waals surface area contributed by atoms with E-state index in [1.807, 2.05) is 55.5 Å². The minimum absolute atomic E-state index is 0.0739. The number of fused-ring (bicyclic) bond motifs is 1. The van der Waals surface area contributed by atoms with E-state index in [-0.39, 0.29) is 24.8 Å². The molecule has 1 aliphatic rings. The first-order valence-corrected chi connectivity index (χ1v) is 10.5. The molecule has 3 aromatic carbocycles. The molecular weight excluding hydrogens is 426 g/mol. The van der Waals surface area contributed by atoms with Gasteiger partial charge in [0.05, 0.1) is 30.6 Å². The second-order valence-corrected chi connectivity index (χ2v) is 7.88. The summed E-state index contributed by atoms with van der Waals surface area (Å²) in [6.45, 7) is 1.75. The predicted molar refractivity (Wildman–Crippen MR) is 127 cm³/mol. The highest BCUT2D eigenvalue weighted by atomic mass is 35.5. The molecule has 2 amide bonds. The van der Waals surface area contributed by atoms with Gasteiger partial charge in [-0.1, -0.05) is 29.8 Å². The maximum Gasteiger partial charge on any atom is 0.244 e. The zero-order valence-corrected chi connectivity index (χ0v) is 18.5. The van der Waals surface area contributed by atoms with E-state index in [1.165, 1.54) is 4.90 Å². The van der Waals surface area contributed by atoms with Crippen molar-refractivity contribution in [3.63, 3.8) is 0 Å². The SMILES string of the molecule is COc1ccc(C2=Nc3ccccc3N(CC(=O)Nc3cc(Cl)ccc3C)C(=O)C2)cc1. The number of methoxy groups -OCH3 is 1. The molecule has 0 spiro atoms. The van der Waals surface area contributed by atoms with Crippen LogP contribution in [0.15, 0.2) is 71.7 Å². The second-order valence-electron chi connectivity index (χ2n) is 7.44. The maximum atomic E-state index is 13.2. The molecular formula is C25H22ClN3O3. The summed E-state index contributed by atoms with van der Waals surface area (Å²) in [6.07, 6.45) is 0.0739. The Kier molecular flexibility index (Phi) is 6.23. The highest BCUT2D eigenvalue weighted by Crippen LogP contribution is 2.33. The average Bonchev–Trinajstić information content (AvgIpc) is 2.93. The van der Waals surface area contributed by atoms with E-state index in [4.69, 9.17) is 21.3 Å². The lowest BCUT2D eigenvalue weighted by atomic mass is 10.1. The van der Waals surface area contributed by atoms with Gasteiger partial charge in [0, 0.05) is 10.7 Å². The number of nitrogens with one attached hydrogen (secondary N) is 1. The lowest BCUT2D eigenvalue weighted by Crippen LogP contribution is -2.38. The molecule has 32 heavy (non-hydrogen) atoms. The number of aliphatic imine (C=N–C) groups is 1. The van der Waals surface area contributed by atoms with Gasteiger partial charge in [-0.05, 0) is 66.6 Å². The molecule has 0 saturated heterocycles. The minimum atomic E-state index is -0.314. The van der Waals surface area contributed by atoms with Crippen LogP contribution in [0.2, 0.25) is 5.02 Å². The lowest BCUT2D eigenvalue weighted by molar-refractivity contribution is -0.120. The van der Waals surface area contributed by atoms with Crippen molar-refractivity contribution in [3.8, 4) is 5.75 Å². The number of nitrogens with zero attached hydrogens (tertiary/aromatic N) is 2. The van der Waals surface area contributed by atoms with E-state index in [0.717, 1.165) is 16.9 Å². The van der Waals surface area contributed by atoms with Crippen molar-refractivity contribution in [2.75, 3.05) is 23.9 Å². The Morgan fingerprint density at radius 1 is 1.12 bits per heavy atom. The van der Waals surface area contributed by atoms with Gasteiger partial charge in [-0.15, -0.1) is 0 Å². The topological polar surface area (TPSA) is 71.0 Å². The van der Waals surface area contributed by atoms with Crippen LogP contribution in [0, 0.1) is 6.92 Å². The molecule has 1 N–H and O–H groups in total. The van der Waals surface area contributed by atoms with Gasteiger partial charge in [0.2, 0.25) is 11.8 Å². The van der Waals surface area contributed by atoms with Crippen molar-refractivity contribution < 1.29 is 14.3 Å². The Hall–Kier alpha value is -3.64. The summed E-state index contributed by atoms with van der Waals surface area (Å²) < 4.78 is 5.22. The summed E-state index contributed by atoms with van der Waals surface area (Å²) in [7, 11) is 1.60. The third kappa shape index (κ3) is 4.65. The van der Waals surface area contributed by atoms with E-state index in [1.54, 1.807) is 25.3 Å². The number of aryl methyl sites for hydroxylation is 1. The Balaban J connectivity index is 1.60. The van der Waals surface area contributed by atoms with E-state index in [2.05, 4.69) is 5.32 Å². The number of rotatable bonds is 5. The van der Waals surface area contributed by atoms with Gasteiger partial charge in [-0.25, -0.2) is 0 Å². The monoisotopic (exact) mass is 447 g/mol. The summed E-state index contributed by atoms with van der Waals surface area (Å²) in [5.74, 6) is 0.207. The number of halogens is 1. The summed E-state index contributed by atoms with van der Waals surface area (Å²) >= 11 is 6.06. The van der Waals surface area contributed by atoms with Gasteiger partial charge in [0.1, 0.15) is 12.3 Å². The highest BCUT2D eigenvalue weighted by Gasteiger charge is 2.26. The van der Waals surface area contributed by atoms with Crippen LogP contribution < -0.4 is 15.0 Å². The maximum absolute atomic E-state index is 13.2. The molecule has 0 saturated carbocycles. The molecule has 0 bridgehead atoms. The third-order valence-electron chi connectivity index (χ3n) is 5.25. The van der Waals surface area contributed by atoms with Crippen LogP contribution in [0.1, 0.15) is 17.5 Å². The van der Waals surface area contributed by atoms with Crippen molar-refractivity contribution in [3.05, 3.63) is 82.9 Å². The van der Waals surface area contributed by atoms with E-state index in [9.17, 15) is 9.59 Å². The van der Waals surface area contributed by atoms with E-state index >= 15 is 0 Å². The summed E-state index contributed by atoms with van der Waals surface area (Å²) in [5, 5.41) is 3.38. The van der Waals surface area contributed by atoms with Gasteiger partial charge in [0.15, 0.2) is 0 Å². The number of hydrogen-bond acceptors (Lipinski definition) is 4. The molecule has 0 unspecified atom stereocenters. The van der Waals surface area contributed by atoms with Crippen molar-refractivity contribution in [1.29, 1.82) is 0 Å². The van der Waals surface area contributed by atoms with Gasteiger partial charge in [-0.3, -0.25) is 14.6 Å². The lowest BCUT2D eigenvalue weighted by Gasteiger charge is -2.22. The van der Waals surface area contributed by atoms with Crippen molar-refractivity contribution in [1.82, 2.24) is 0 Å². The molecule has 0 radical (unpaired) electrons. The number of amides is 2. The second kappa shape index (κ2) is 9.24. The average molecular weight is 448 g/mol. The molecule has 0 aliphatic carbocycles. The number of benzene rings is 3. The molecule has 162 valence electrons. The standard InChI is InChI=1S/C25H22ClN3O3/c1-16-7-10-18(26)13-21(16)28-24(30)15-29-23-6-4-3-5-20(23)27-22(14-25(29)31)17-8-11-19(32-2)12-9-17/h3-13H,14-15H2,1-2H3,(H,28,30). The number of hydrogen-bond donors (Lipinski definition) is 1. The first kappa shape index (κ1) is 21.6. The van der Waals surface area contributed by atoms with Gasteiger partial charge < -0.3 is 15.0 Å². The van der Waals surface area contributed by atoms with Crippen LogP contribution >= 0.6 is 11.6 Å². The van der Waals surface area contributed by atoms with Gasteiger partial charge in [-0.2, -0.15) is 0 Å². The van der Waals surface area contributed by atoms with E-state index in [0.29, 0.717) is 27.8 Å². The molecule has 6 nitrogen and oxygen atoms in total. The zero-order valence-electron chi connectivity index (χ0n) is 17.8. The van der Waals surface area contributed by atoms with Crippen molar-refractivity contribution in [2.45, 2.75) is 13.3 Å². The fourth-order valence-electron chi connectivity index (χ4n) is 3.53. The normalized spacial score (nSPS) is 13.2. The molecule has 4 rings (SSSR count). The zero-order chi connectivity index (χ0) is 22.7. The van der Waals surface area contributed by atoms with Crippen LogP contribution in [0.25, 0.3) is 0 Å². The van der Waals surface area contributed by atoms with Crippen LogP contribution in [0.4, 0.5) is 17.1 Å². The number of carbonyl (C=O) groups is 2. The first-order valence-electron chi connectivity index (χ1n) is 10.1. The van der Waals surface area contributed by atoms with Gasteiger partial charge in [0.25, 0.3) is 0 Å². The Morgan fingerprint density at radius 3 is 2.62 bits per heavy atom. The third-order valence-corrected chi connectivity index (χ3v) is 5.48. The number of anilines is 2. The molecule has 1 aliphatic heterocycles. The Bertz CT molecular complexity index is 1210. The summed E-state index contributed by atoms with van der Waals surface area (Å²) in [4.78, 5) is 32.3. The molecule has 0 atom stereocenters. The molecule has 1 heterocycles. The number of carbonyl (C=O) groups excluding carboxylic acids is 2. The highest BCUT2D eigenvalue weighted by molar-refractivity contribution is 6.31. The smallest absolute Gasteiger partial charge is 0.244 e. The molecule has 7 heteroatoms. The molecule has 0 fully saturated rings. The summed E-state index contributed by atoms with van der Waals surface area (Å²) in [6, 6.07) is 20.0. The van der Waals surface area contributed by atoms with Crippen LogP contribution in [0.3, 0.4) is 0 Å². The Morgan fingerprint density at radius 2 is 1.88 bits per heavy atom. The van der Waals surface area contributed by atoms with E-state index < -0.39 is 0 Å². The first-order chi connectivity index (χ1) is 15.4. The molecule has 3 aromatic rings. The predicted octanol–water partition coefficient (Wildman–Crippen LogP) is 5.15. The van der Waals surface area contributed by atoms with Crippen LogP contribution in [-0.4, -0.2) is 31.2 Å².